The van der Waals surface area contributed by atoms with E-state index in [0.29, 0.717) is 22.3 Å². The summed E-state index contributed by atoms with van der Waals surface area (Å²) in [7, 11) is 0. The van der Waals surface area contributed by atoms with Gasteiger partial charge in [0.05, 0.1) is 34.4 Å². The maximum atomic E-state index is 11.6. The van der Waals surface area contributed by atoms with E-state index in [-0.39, 0.29) is 36.7 Å². The van der Waals surface area contributed by atoms with Gasteiger partial charge in [-0.25, -0.2) is 0 Å². The molecule has 0 aliphatic carbocycles. The fourth-order valence-electron chi connectivity index (χ4n) is 2.91. The summed E-state index contributed by atoms with van der Waals surface area (Å²) in [5, 5.41) is 16.9. The fourth-order valence-corrected chi connectivity index (χ4v) is 2.91. The highest BCUT2D eigenvalue weighted by Gasteiger charge is 2.35. The maximum Gasteiger partial charge on any atom is 0.262 e. The summed E-state index contributed by atoms with van der Waals surface area (Å²) in [6.45, 7) is -0.376. The van der Waals surface area contributed by atoms with Crippen LogP contribution < -0.4 is 0 Å². The second-order valence-corrected chi connectivity index (χ2v) is 5.80. The third kappa shape index (κ3) is 3.00. The van der Waals surface area contributed by atoms with Crippen LogP contribution in [0.1, 0.15) is 41.4 Å². The number of nitrogens with zero attached hydrogens (tertiary/aromatic N) is 4. The van der Waals surface area contributed by atoms with E-state index in [1.165, 1.54) is 0 Å². The summed E-state index contributed by atoms with van der Waals surface area (Å²) in [5.74, 6) is -1.53. The van der Waals surface area contributed by atoms with E-state index in [2.05, 4.69) is 0 Å². The highest BCUT2D eigenvalue weighted by atomic mass is 16.2. The second-order valence-electron chi connectivity index (χ2n) is 5.80. The summed E-state index contributed by atoms with van der Waals surface area (Å²) in [5.41, 5.74) is 1.53. The zero-order valence-corrected chi connectivity index (χ0v) is 14.5. The summed E-state index contributed by atoms with van der Waals surface area (Å²) < 4.78 is 0. The maximum absolute atomic E-state index is 11.6. The molecule has 28 heavy (non-hydrogen) atoms. The van der Waals surface area contributed by atoms with Gasteiger partial charge >= 0.3 is 0 Å². The van der Waals surface area contributed by atoms with E-state index in [4.69, 9.17) is 10.5 Å². The third-order valence-corrected chi connectivity index (χ3v) is 4.21. The molecule has 0 saturated heterocycles. The topological polar surface area (TPSA) is 122 Å². The number of hydrogen-bond acceptors (Lipinski definition) is 6. The first kappa shape index (κ1) is 18.5. The number of carbonyl (C=O) groups excluding carboxylic acids is 4. The van der Waals surface area contributed by atoms with Crippen LogP contribution in [-0.2, 0) is 0 Å². The van der Waals surface area contributed by atoms with Gasteiger partial charge in [0.1, 0.15) is 13.1 Å². The molecule has 0 unspecified atom stereocenters. The van der Waals surface area contributed by atoms with Crippen molar-refractivity contribution in [1.29, 1.82) is 10.5 Å². The SMILES string of the molecule is N#CCN1C(=O)c2ccccc2C1=O.N#CCN1C(=O)c2ccccc2C1=O. The van der Waals surface area contributed by atoms with Crippen molar-refractivity contribution in [2.75, 3.05) is 13.1 Å². The third-order valence-electron chi connectivity index (χ3n) is 4.21. The molecule has 0 radical (unpaired) electrons. The van der Waals surface area contributed by atoms with Crippen LogP contribution in [0.3, 0.4) is 0 Å². The van der Waals surface area contributed by atoms with Gasteiger partial charge in [-0.3, -0.25) is 29.0 Å². The minimum absolute atomic E-state index is 0.188. The number of hydrogen-bond donors (Lipinski definition) is 0. The lowest BCUT2D eigenvalue weighted by atomic mass is 10.1. The molecule has 2 heterocycles. The van der Waals surface area contributed by atoms with Gasteiger partial charge in [0, 0.05) is 0 Å². The van der Waals surface area contributed by atoms with Gasteiger partial charge in [-0.1, -0.05) is 24.3 Å². The molecule has 2 aliphatic rings. The van der Waals surface area contributed by atoms with Crippen LogP contribution >= 0.6 is 0 Å². The summed E-state index contributed by atoms with van der Waals surface area (Å²) in [6, 6.07) is 16.7. The van der Waals surface area contributed by atoms with E-state index in [1.54, 1.807) is 60.7 Å². The van der Waals surface area contributed by atoms with E-state index >= 15 is 0 Å². The Bertz CT molecular complexity index is 936. The molecule has 0 bridgehead atoms. The molecule has 0 aromatic heterocycles. The van der Waals surface area contributed by atoms with Crippen molar-refractivity contribution < 1.29 is 19.2 Å². The Kier molecular flexibility index (Phi) is 4.97. The Morgan fingerprint density at radius 2 is 0.821 bits per heavy atom. The van der Waals surface area contributed by atoms with Crippen molar-refractivity contribution in [3.8, 4) is 12.1 Å². The molecular weight excluding hydrogens is 360 g/mol. The molecule has 0 saturated carbocycles. The van der Waals surface area contributed by atoms with Gasteiger partial charge in [-0.15, -0.1) is 0 Å². The molecule has 0 atom stereocenters. The summed E-state index contributed by atoms with van der Waals surface area (Å²) >= 11 is 0. The average Bonchev–Trinajstić information content (AvgIpc) is 3.11. The van der Waals surface area contributed by atoms with Gasteiger partial charge in [0.2, 0.25) is 0 Å². The molecule has 0 N–H and O–H groups in total. The second kappa shape index (κ2) is 7.52. The van der Waals surface area contributed by atoms with Gasteiger partial charge < -0.3 is 0 Å². The van der Waals surface area contributed by atoms with Crippen LogP contribution in [0.25, 0.3) is 0 Å². The number of amides is 4. The zero-order valence-electron chi connectivity index (χ0n) is 14.5. The lowest BCUT2D eigenvalue weighted by Crippen LogP contribution is -2.29. The van der Waals surface area contributed by atoms with Crippen LogP contribution in [0, 0.1) is 22.7 Å². The number of carbonyl (C=O) groups is 4. The fraction of sp³-hybridized carbons (Fsp3) is 0.100. The molecule has 0 fully saturated rings. The first-order chi connectivity index (χ1) is 13.5. The minimum atomic E-state index is -0.382. The van der Waals surface area contributed by atoms with Crippen molar-refractivity contribution in [1.82, 2.24) is 9.80 Å². The van der Waals surface area contributed by atoms with Crippen molar-refractivity contribution in [2.45, 2.75) is 0 Å². The molecule has 4 rings (SSSR count). The molecule has 2 aromatic carbocycles. The monoisotopic (exact) mass is 372 g/mol. The first-order valence-electron chi connectivity index (χ1n) is 8.15. The molecular formula is C20H12N4O4. The van der Waals surface area contributed by atoms with Gasteiger partial charge in [0.25, 0.3) is 23.6 Å². The van der Waals surface area contributed by atoms with Crippen LogP contribution in [0.15, 0.2) is 48.5 Å². The van der Waals surface area contributed by atoms with Crippen molar-refractivity contribution in [2.24, 2.45) is 0 Å². The number of benzene rings is 2. The van der Waals surface area contributed by atoms with Crippen molar-refractivity contribution in [3.05, 3.63) is 70.8 Å². The smallest absolute Gasteiger partial charge is 0.262 e. The quantitative estimate of drug-likeness (QED) is 0.583. The Morgan fingerprint density at radius 3 is 1.04 bits per heavy atom. The highest BCUT2D eigenvalue weighted by molar-refractivity contribution is 6.22. The van der Waals surface area contributed by atoms with Crippen LogP contribution in [-0.4, -0.2) is 46.5 Å². The number of imide groups is 2. The average molecular weight is 372 g/mol. The van der Waals surface area contributed by atoms with Crippen LogP contribution in [0.2, 0.25) is 0 Å². The van der Waals surface area contributed by atoms with Gasteiger partial charge in [0.15, 0.2) is 0 Å². The lowest BCUT2D eigenvalue weighted by Gasteiger charge is -2.06. The summed E-state index contributed by atoms with van der Waals surface area (Å²) in [4.78, 5) is 48.1. The molecule has 0 spiro atoms. The molecule has 4 amide bonds. The number of fused-ring (bicyclic) bond motifs is 2. The highest BCUT2D eigenvalue weighted by Crippen LogP contribution is 2.22. The Labute approximate surface area is 159 Å². The van der Waals surface area contributed by atoms with E-state index in [1.807, 2.05) is 0 Å². The minimum Gasteiger partial charge on any atom is -0.269 e. The Balaban J connectivity index is 0.000000161. The van der Waals surface area contributed by atoms with E-state index in [0.717, 1.165) is 9.80 Å². The van der Waals surface area contributed by atoms with Crippen molar-refractivity contribution in [3.63, 3.8) is 0 Å². The molecule has 136 valence electrons. The van der Waals surface area contributed by atoms with E-state index < -0.39 is 0 Å². The van der Waals surface area contributed by atoms with Crippen LogP contribution in [0.5, 0.6) is 0 Å². The van der Waals surface area contributed by atoms with Gasteiger partial charge in [-0.2, -0.15) is 10.5 Å². The largest absolute Gasteiger partial charge is 0.269 e. The molecule has 2 aliphatic heterocycles. The van der Waals surface area contributed by atoms with Crippen molar-refractivity contribution >= 4 is 23.6 Å². The molecule has 8 nitrogen and oxygen atoms in total. The molecule has 8 heteroatoms. The number of nitriles is 2. The Hall–Kier alpha value is -4.30. The first-order valence-corrected chi connectivity index (χ1v) is 8.15. The van der Waals surface area contributed by atoms with E-state index in [9.17, 15) is 19.2 Å². The predicted molar refractivity (Wildman–Crippen MR) is 94.8 cm³/mol. The predicted octanol–water partition coefficient (Wildman–Crippen LogP) is 1.61. The summed E-state index contributed by atoms with van der Waals surface area (Å²) in [6.07, 6.45) is 0. The Morgan fingerprint density at radius 1 is 0.571 bits per heavy atom. The van der Waals surface area contributed by atoms with Gasteiger partial charge in [-0.05, 0) is 24.3 Å². The lowest BCUT2D eigenvalue weighted by molar-refractivity contribution is 0.0658. The number of rotatable bonds is 2. The zero-order chi connectivity index (χ0) is 20.3. The standard InChI is InChI=1S/2C10H6N2O2/c2*11-5-6-12-9(13)7-3-1-2-4-8(7)10(12)14/h2*1-4H,6H2. The normalized spacial score (nSPS) is 14.1. The molecule has 2 aromatic rings. The van der Waals surface area contributed by atoms with Crippen LogP contribution in [0.4, 0.5) is 0 Å².